The van der Waals surface area contributed by atoms with E-state index in [-0.39, 0.29) is 19.0 Å². The molecule has 6 heteroatoms. The molecular formula is C12H20O6. The topological polar surface area (TPSA) is 66.4 Å². The maximum Gasteiger partial charge on any atom is 0.224 e. The van der Waals surface area contributed by atoms with Crippen molar-refractivity contribution in [3.05, 3.63) is 0 Å². The second kappa shape index (κ2) is 4.13. The van der Waals surface area contributed by atoms with Crippen molar-refractivity contribution in [2.45, 2.75) is 63.4 Å². The molecule has 18 heavy (non-hydrogen) atoms. The van der Waals surface area contributed by atoms with Gasteiger partial charge in [-0.15, -0.1) is 0 Å². The molecule has 3 rings (SSSR count). The first-order valence-electron chi connectivity index (χ1n) is 6.43. The summed E-state index contributed by atoms with van der Waals surface area (Å²) < 4.78 is 28.2. The van der Waals surface area contributed by atoms with Gasteiger partial charge in [0.05, 0.1) is 6.61 Å². The summed E-state index contributed by atoms with van der Waals surface area (Å²) in [4.78, 5) is 0. The maximum atomic E-state index is 10.4. The Morgan fingerprint density at radius 2 is 2.00 bits per heavy atom. The molecule has 3 aliphatic rings. The van der Waals surface area contributed by atoms with Crippen LogP contribution < -0.4 is 0 Å². The molecule has 0 aliphatic carbocycles. The summed E-state index contributed by atoms with van der Waals surface area (Å²) in [5.41, 5.74) is 0. The number of hydrogen-bond acceptors (Lipinski definition) is 6. The second-order valence-corrected chi connectivity index (χ2v) is 5.47. The summed E-state index contributed by atoms with van der Waals surface area (Å²) in [6.45, 7) is 6.11. The van der Waals surface area contributed by atoms with E-state index in [0.717, 1.165) is 6.42 Å². The Morgan fingerprint density at radius 1 is 1.22 bits per heavy atom. The lowest BCUT2D eigenvalue weighted by Gasteiger charge is -2.41. The Bertz CT molecular complexity index is 333. The van der Waals surface area contributed by atoms with E-state index in [0.29, 0.717) is 6.61 Å². The molecular weight excluding hydrogens is 240 g/mol. The van der Waals surface area contributed by atoms with Crippen molar-refractivity contribution in [2.75, 3.05) is 13.2 Å². The molecule has 0 saturated carbocycles. The summed E-state index contributed by atoms with van der Waals surface area (Å²) in [5, 5.41) is 10.4. The number of rotatable bonds is 1. The Morgan fingerprint density at radius 3 is 2.61 bits per heavy atom. The fourth-order valence-corrected chi connectivity index (χ4v) is 2.70. The van der Waals surface area contributed by atoms with Crippen LogP contribution >= 0.6 is 0 Å². The molecule has 3 fully saturated rings. The lowest BCUT2D eigenvalue weighted by molar-refractivity contribution is -0.326. The Labute approximate surface area is 106 Å². The Hall–Kier alpha value is -0.240. The van der Waals surface area contributed by atoms with Crippen molar-refractivity contribution < 1.29 is 28.8 Å². The first-order chi connectivity index (χ1) is 8.46. The highest BCUT2D eigenvalue weighted by molar-refractivity contribution is 4.99. The number of aliphatic hydroxyl groups is 1. The molecule has 3 saturated heterocycles. The van der Waals surface area contributed by atoms with Gasteiger partial charge in [0.15, 0.2) is 12.1 Å². The third-order valence-corrected chi connectivity index (χ3v) is 3.63. The predicted molar refractivity (Wildman–Crippen MR) is 59.6 cm³/mol. The van der Waals surface area contributed by atoms with Gasteiger partial charge in [0.1, 0.15) is 24.9 Å². The first-order valence-corrected chi connectivity index (χ1v) is 6.43. The minimum Gasteiger partial charge on any atom is -0.385 e. The lowest BCUT2D eigenvalue weighted by Crippen LogP contribution is -2.61. The van der Waals surface area contributed by atoms with Crippen LogP contribution in [0.1, 0.15) is 27.2 Å². The van der Waals surface area contributed by atoms with Gasteiger partial charge in [-0.25, -0.2) is 0 Å². The van der Waals surface area contributed by atoms with Crippen LogP contribution in [0.3, 0.4) is 0 Å². The van der Waals surface area contributed by atoms with Crippen molar-refractivity contribution in [1.82, 2.24) is 0 Å². The number of ether oxygens (including phenoxy) is 5. The van der Waals surface area contributed by atoms with Crippen molar-refractivity contribution in [1.29, 1.82) is 0 Å². The molecule has 1 spiro atoms. The van der Waals surface area contributed by atoms with Crippen molar-refractivity contribution in [3.63, 3.8) is 0 Å². The molecule has 104 valence electrons. The molecule has 1 unspecified atom stereocenters. The van der Waals surface area contributed by atoms with E-state index in [4.69, 9.17) is 23.7 Å². The summed E-state index contributed by atoms with van der Waals surface area (Å²) in [6.07, 6.45) is -1.09. The second-order valence-electron chi connectivity index (χ2n) is 5.47. The maximum absolute atomic E-state index is 10.4. The van der Waals surface area contributed by atoms with E-state index in [9.17, 15) is 5.11 Å². The van der Waals surface area contributed by atoms with Gasteiger partial charge in [-0.3, -0.25) is 0 Å². The van der Waals surface area contributed by atoms with Gasteiger partial charge in [-0.2, -0.15) is 0 Å². The molecule has 3 heterocycles. The fourth-order valence-electron chi connectivity index (χ4n) is 2.70. The van der Waals surface area contributed by atoms with Crippen LogP contribution in [0.5, 0.6) is 0 Å². The van der Waals surface area contributed by atoms with Crippen LogP contribution in [0.25, 0.3) is 0 Å². The number of hydrogen-bond donors (Lipinski definition) is 1. The molecule has 0 bridgehead atoms. The highest BCUT2D eigenvalue weighted by Crippen LogP contribution is 2.42. The highest BCUT2D eigenvalue weighted by Gasteiger charge is 2.60. The SMILES string of the molecule is CCC1O[C@@H]2[C@@H](CO[C@]3(COC(C)(C)O3)[C@H]2O)O1. The lowest BCUT2D eigenvalue weighted by atomic mass is 9.97. The largest absolute Gasteiger partial charge is 0.385 e. The summed E-state index contributed by atoms with van der Waals surface area (Å²) >= 11 is 0. The minimum absolute atomic E-state index is 0.199. The molecule has 0 aromatic rings. The van der Waals surface area contributed by atoms with Gasteiger partial charge in [0.2, 0.25) is 5.79 Å². The predicted octanol–water partition coefficient (Wildman–Crippen LogP) is 0.377. The average molecular weight is 260 g/mol. The molecule has 3 aliphatic heterocycles. The van der Waals surface area contributed by atoms with E-state index in [2.05, 4.69) is 0 Å². The Kier molecular flexibility index (Phi) is 2.93. The van der Waals surface area contributed by atoms with Gasteiger partial charge >= 0.3 is 0 Å². The van der Waals surface area contributed by atoms with Gasteiger partial charge < -0.3 is 28.8 Å². The van der Waals surface area contributed by atoms with Crippen molar-refractivity contribution >= 4 is 0 Å². The van der Waals surface area contributed by atoms with E-state index in [1.54, 1.807) is 13.8 Å². The van der Waals surface area contributed by atoms with Crippen LogP contribution in [0.2, 0.25) is 0 Å². The monoisotopic (exact) mass is 260 g/mol. The zero-order valence-corrected chi connectivity index (χ0v) is 10.9. The van der Waals surface area contributed by atoms with E-state index < -0.39 is 23.8 Å². The fraction of sp³-hybridized carbons (Fsp3) is 1.00. The average Bonchev–Trinajstić information content (AvgIpc) is 2.87. The van der Waals surface area contributed by atoms with Crippen LogP contribution in [-0.4, -0.2) is 54.5 Å². The molecule has 0 radical (unpaired) electrons. The van der Waals surface area contributed by atoms with E-state index >= 15 is 0 Å². The van der Waals surface area contributed by atoms with Crippen LogP contribution in [0.15, 0.2) is 0 Å². The van der Waals surface area contributed by atoms with Gasteiger partial charge in [0.25, 0.3) is 0 Å². The molecule has 5 atom stereocenters. The normalized spacial score (nSPS) is 50.7. The third kappa shape index (κ3) is 1.88. The van der Waals surface area contributed by atoms with Crippen LogP contribution in [0.4, 0.5) is 0 Å². The van der Waals surface area contributed by atoms with Crippen molar-refractivity contribution in [2.24, 2.45) is 0 Å². The Balaban J connectivity index is 1.77. The zero-order chi connectivity index (χ0) is 13.0. The first kappa shape index (κ1) is 12.8. The molecule has 0 aromatic heterocycles. The summed E-state index contributed by atoms with van der Waals surface area (Å²) in [6, 6.07) is 0. The minimum atomic E-state index is -1.13. The van der Waals surface area contributed by atoms with E-state index in [1.165, 1.54) is 0 Å². The van der Waals surface area contributed by atoms with Crippen molar-refractivity contribution in [3.8, 4) is 0 Å². The summed E-state index contributed by atoms with van der Waals surface area (Å²) in [7, 11) is 0. The highest BCUT2D eigenvalue weighted by atomic mass is 16.9. The number of fused-ring (bicyclic) bond motifs is 1. The zero-order valence-electron chi connectivity index (χ0n) is 10.9. The van der Waals surface area contributed by atoms with Crippen LogP contribution in [-0.2, 0) is 23.7 Å². The third-order valence-electron chi connectivity index (χ3n) is 3.63. The molecule has 1 N–H and O–H groups in total. The quantitative estimate of drug-likeness (QED) is 0.735. The smallest absolute Gasteiger partial charge is 0.224 e. The van der Waals surface area contributed by atoms with Gasteiger partial charge in [0, 0.05) is 0 Å². The summed E-state index contributed by atoms with van der Waals surface area (Å²) in [5.74, 6) is -1.88. The van der Waals surface area contributed by atoms with Gasteiger partial charge in [-0.05, 0) is 20.3 Å². The molecule has 0 amide bonds. The van der Waals surface area contributed by atoms with Crippen LogP contribution in [0, 0.1) is 0 Å². The molecule has 0 aromatic carbocycles. The van der Waals surface area contributed by atoms with Gasteiger partial charge in [-0.1, -0.05) is 6.92 Å². The van der Waals surface area contributed by atoms with E-state index in [1.807, 2.05) is 6.92 Å². The number of aliphatic hydroxyl groups excluding tert-OH is 1. The molecule has 6 nitrogen and oxygen atoms in total. The standard InChI is InChI=1S/C12H20O6/c1-4-8-16-7-5-14-12(10(13)9(7)17-8)6-15-11(2,3)18-12/h7-10,13H,4-6H2,1-3H3/t7-,8?,9-,10+,12+/m1/s1.